The summed E-state index contributed by atoms with van der Waals surface area (Å²) in [5.74, 6) is -1.09. The number of carbonyl (C=O) groups excluding carboxylic acids is 1. The van der Waals surface area contributed by atoms with Crippen LogP contribution in [0.25, 0.3) is 5.82 Å². The van der Waals surface area contributed by atoms with Crippen LogP contribution in [0.4, 0.5) is 13.2 Å². The Morgan fingerprint density at radius 3 is 2.48 bits per heavy atom. The molecule has 1 N–H and O–H groups in total. The first-order valence-electron chi connectivity index (χ1n) is 5.65. The van der Waals surface area contributed by atoms with Crippen molar-refractivity contribution >= 4 is 5.91 Å². The number of amides is 1. The van der Waals surface area contributed by atoms with Gasteiger partial charge in [0, 0.05) is 20.2 Å². The van der Waals surface area contributed by atoms with Crippen LogP contribution >= 0.6 is 0 Å². The molecule has 10 heteroatoms. The number of rotatable bonds is 2. The highest BCUT2D eigenvalue weighted by molar-refractivity contribution is 5.95. The third kappa shape index (κ3) is 2.78. The molecule has 2 rings (SSSR count). The lowest BCUT2D eigenvalue weighted by Crippen LogP contribution is -2.26. The molecule has 2 heterocycles. The molecule has 112 valence electrons. The molecule has 0 saturated heterocycles. The van der Waals surface area contributed by atoms with Gasteiger partial charge in [0.1, 0.15) is 0 Å². The van der Waals surface area contributed by atoms with Crippen LogP contribution in [0.3, 0.4) is 0 Å². The molecule has 0 fully saturated rings. The zero-order valence-corrected chi connectivity index (χ0v) is 11.0. The monoisotopic (exact) mass is 301 g/mol. The largest absolute Gasteiger partial charge is 0.434 e. The second-order valence-corrected chi connectivity index (χ2v) is 4.30. The van der Waals surface area contributed by atoms with Crippen molar-refractivity contribution in [2.45, 2.75) is 6.18 Å². The molecule has 0 unspecified atom stereocenters. The van der Waals surface area contributed by atoms with Crippen molar-refractivity contribution in [2.24, 2.45) is 0 Å². The van der Waals surface area contributed by atoms with Crippen LogP contribution in [0.1, 0.15) is 16.1 Å². The first-order valence-corrected chi connectivity index (χ1v) is 5.65. The maximum atomic E-state index is 13.2. The van der Waals surface area contributed by atoms with Gasteiger partial charge in [0.15, 0.2) is 11.5 Å². The Kier molecular flexibility index (Phi) is 3.54. The van der Waals surface area contributed by atoms with E-state index in [1.807, 2.05) is 5.10 Å². The van der Waals surface area contributed by atoms with E-state index in [0.29, 0.717) is 4.68 Å². The minimum atomic E-state index is -4.81. The number of carbonyl (C=O) groups is 1. The molecule has 0 aliphatic carbocycles. The van der Waals surface area contributed by atoms with Crippen LogP contribution in [0.5, 0.6) is 0 Å². The quantitative estimate of drug-likeness (QED) is 0.884. The summed E-state index contributed by atoms with van der Waals surface area (Å²) in [5.41, 5.74) is -2.41. The number of nitrogens with one attached hydrogen (secondary N) is 1. The highest BCUT2D eigenvalue weighted by Gasteiger charge is 2.41. The summed E-state index contributed by atoms with van der Waals surface area (Å²) in [6.45, 7) is 0. The zero-order valence-electron chi connectivity index (χ0n) is 11.0. The zero-order chi connectivity index (χ0) is 15.8. The third-order valence-corrected chi connectivity index (χ3v) is 2.56. The lowest BCUT2D eigenvalue weighted by molar-refractivity contribution is -0.143. The highest BCUT2D eigenvalue weighted by Crippen LogP contribution is 2.33. The molecule has 0 aliphatic heterocycles. The van der Waals surface area contributed by atoms with Crippen molar-refractivity contribution in [3.8, 4) is 5.82 Å². The van der Waals surface area contributed by atoms with Crippen molar-refractivity contribution < 1.29 is 18.0 Å². The average Bonchev–Trinajstić information content (AvgIpc) is 2.83. The van der Waals surface area contributed by atoms with Crippen LogP contribution in [0.2, 0.25) is 0 Å². The van der Waals surface area contributed by atoms with Gasteiger partial charge in [0.25, 0.3) is 11.5 Å². The van der Waals surface area contributed by atoms with Gasteiger partial charge in [-0.1, -0.05) is 0 Å². The van der Waals surface area contributed by atoms with E-state index in [9.17, 15) is 22.8 Å². The van der Waals surface area contributed by atoms with E-state index in [1.54, 1.807) is 0 Å². The summed E-state index contributed by atoms with van der Waals surface area (Å²) in [4.78, 5) is 23.7. The van der Waals surface area contributed by atoms with Crippen LogP contribution in [0.15, 0.2) is 23.1 Å². The number of hydrogen-bond donors (Lipinski definition) is 1. The predicted molar refractivity (Wildman–Crippen MR) is 65.0 cm³/mol. The Hall–Kier alpha value is -2.65. The Labute approximate surface area is 116 Å². The van der Waals surface area contributed by atoms with Crippen molar-refractivity contribution in [1.82, 2.24) is 24.9 Å². The minimum Gasteiger partial charge on any atom is -0.345 e. The summed E-state index contributed by atoms with van der Waals surface area (Å²) < 4.78 is 40.1. The smallest absolute Gasteiger partial charge is 0.345 e. The topological polar surface area (TPSA) is 83.9 Å². The van der Waals surface area contributed by atoms with E-state index >= 15 is 0 Å². The molecule has 0 atom stereocenters. The molecule has 7 nitrogen and oxygen atoms in total. The van der Waals surface area contributed by atoms with E-state index in [1.165, 1.54) is 14.1 Å². The van der Waals surface area contributed by atoms with Crippen molar-refractivity contribution in [3.63, 3.8) is 0 Å². The minimum absolute atomic E-state index is 0.250. The molecule has 2 aromatic heterocycles. The van der Waals surface area contributed by atoms with Gasteiger partial charge in [-0.2, -0.15) is 23.4 Å². The van der Waals surface area contributed by atoms with E-state index in [4.69, 9.17) is 0 Å². The van der Waals surface area contributed by atoms with Gasteiger partial charge in [-0.25, -0.2) is 9.78 Å². The first kappa shape index (κ1) is 14.8. The second-order valence-electron chi connectivity index (χ2n) is 4.30. The third-order valence-electron chi connectivity index (χ3n) is 2.56. The Morgan fingerprint density at radius 2 is 2.00 bits per heavy atom. The number of aromatic amines is 1. The molecular weight excluding hydrogens is 291 g/mol. The van der Waals surface area contributed by atoms with Gasteiger partial charge in [0.2, 0.25) is 0 Å². The van der Waals surface area contributed by atoms with E-state index in [-0.39, 0.29) is 5.82 Å². The van der Waals surface area contributed by atoms with Gasteiger partial charge < -0.3 is 4.90 Å². The molecule has 0 radical (unpaired) electrons. The Bertz CT molecular complexity index is 712. The average molecular weight is 301 g/mol. The summed E-state index contributed by atoms with van der Waals surface area (Å²) in [7, 11) is 2.66. The standard InChI is InChI=1S/C11H10F3N5O2/c1-18(2)10(21)6-5-15-19(9(6)11(12,13)14)7-3-4-8(20)17-16-7/h3-5H,1-2H3,(H,17,20). The molecule has 0 saturated carbocycles. The summed E-state index contributed by atoms with van der Waals surface area (Å²) >= 11 is 0. The van der Waals surface area contributed by atoms with Crippen LogP contribution in [-0.4, -0.2) is 44.9 Å². The summed E-state index contributed by atoms with van der Waals surface area (Å²) in [6.07, 6.45) is -3.99. The number of aromatic nitrogens is 4. The SMILES string of the molecule is CN(C)C(=O)c1cnn(-c2ccc(=O)[nH]n2)c1C(F)(F)F. The van der Waals surface area contributed by atoms with E-state index < -0.39 is 28.9 Å². The number of halogens is 3. The van der Waals surface area contributed by atoms with E-state index in [0.717, 1.165) is 23.2 Å². The van der Waals surface area contributed by atoms with Crippen molar-refractivity contribution in [2.75, 3.05) is 14.1 Å². The van der Waals surface area contributed by atoms with E-state index in [2.05, 4.69) is 10.2 Å². The lowest BCUT2D eigenvalue weighted by atomic mass is 10.2. The van der Waals surface area contributed by atoms with Gasteiger partial charge in [-0.15, -0.1) is 0 Å². The Balaban J connectivity index is 2.65. The fourth-order valence-electron chi connectivity index (χ4n) is 1.65. The van der Waals surface area contributed by atoms with Crippen molar-refractivity contribution in [3.05, 3.63) is 39.9 Å². The maximum Gasteiger partial charge on any atom is 0.434 e. The lowest BCUT2D eigenvalue weighted by Gasteiger charge is -2.14. The fraction of sp³-hybridized carbons (Fsp3) is 0.273. The molecule has 21 heavy (non-hydrogen) atoms. The Morgan fingerprint density at radius 1 is 1.33 bits per heavy atom. The number of hydrogen-bond acceptors (Lipinski definition) is 4. The van der Waals surface area contributed by atoms with Gasteiger partial charge in [0.05, 0.1) is 11.8 Å². The molecule has 0 spiro atoms. The van der Waals surface area contributed by atoms with Crippen molar-refractivity contribution in [1.29, 1.82) is 0 Å². The molecule has 0 bridgehead atoms. The number of H-pyrrole nitrogens is 1. The van der Waals surface area contributed by atoms with Gasteiger partial charge >= 0.3 is 6.18 Å². The first-order chi connectivity index (χ1) is 9.71. The molecule has 0 aliphatic rings. The normalized spacial score (nSPS) is 11.5. The van der Waals surface area contributed by atoms with Crippen LogP contribution in [-0.2, 0) is 6.18 Å². The molecule has 0 aromatic carbocycles. The maximum absolute atomic E-state index is 13.2. The van der Waals surface area contributed by atoms with Crippen LogP contribution in [0, 0.1) is 0 Å². The number of nitrogens with zero attached hydrogens (tertiary/aromatic N) is 4. The molecular formula is C11H10F3N5O2. The highest BCUT2D eigenvalue weighted by atomic mass is 19.4. The fourth-order valence-corrected chi connectivity index (χ4v) is 1.65. The molecule has 1 amide bonds. The van der Waals surface area contributed by atoms with Crippen LogP contribution < -0.4 is 5.56 Å². The summed E-state index contributed by atoms with van der Waals surface area (Å²) in [6, 6.07) is 2.09. The summed E-state index contributed by atoms with van der Waals surface area (Å²) in [5, 5.41) is 9.04. The number of alkyl halides is 3. The van der Waals surface area contributed by atoms with Gasteiger partial charge in [-0.3, -0.25) is 9.59 Å². The van der Waals surface area contributed by atoms with Gasteiger partial charge in [-0.05, 0) is 6.07 Å². The molecule has 2 aromatic rings. The predicted octanol–water partition coefficient (Wildman–Crippen LogP) is 0.676. The second kappa shape index (κ2) is 5.04.